The largest absolute Gasteiger partial charge is 0.496 e. The van der Waals surface area contributed by atoms with E-state index in [-0.39, 0.29) is 0 Å². The average Bonchev–Trinajstić information content (AvgIpc) is 2.62. The molecule has 0 unspecified atom stereocenters. The molecule has 0 heterocycles. The van der Waals surface area contributed by atoms with Gasteiger partial charge in [0.2, 0.25) is 10.0 Å². The van der Waals surface area contributed by atoms with Crippen molar-refractivity contribution >= 4 is 21.8 Å². The summed E-state index contributed by atoms with van der Waals surface area (Å²) >= 11 is 1.60. The molecule has 0 atom stereocenters. The van der Waals surface area contributed by atoms with Crippen LogP contribution in [-0.2, 0) is 23.0 Å². The number of methoxy groups -OCH3 is 1. The van der Waals surface area contributed by atoms with E-state index < -0.39 is 10.0 Å². The lowest BCUT2D eigenvalue weighted by molar-refractivity contribution is 0.402. The molecule has 2 rings (SSSR count). The molecule has 136 valence electrons. The highest BCUT2D eigenvalue weighted by molar-refractivity contribution is 7.98. The van der Waals surface area contributed by atoms with E-state index in [0.29, 0.717) is 11.4 Å². The Balaban J connectivity index is 2.19. The summed E-state index contributed by atoms with van der Waals surface area (Å²) in [5, 5.41) is 0. The molecule has 0 N–H and O–H groups in total. The molecule has 0 fully saturated rings. The van der Waals surface area contributed by atoms with E-state index >= 15 is 0 Å². The second-order valence-electron chi connectivity index (χ2n) is 5.84. The maximum atomic E-state index is 12.8. The number of ether oxygens (including phenoxy) is 1. The number of sulfonamides is 1. The van der Waals surface area contributed by atoms with Crippen LogP contribution in [0.1, 0.15) is 24.5 Å². The average molecular weight is 380 g/mol. The number of nitrogens with zero attached hydrogens (tertiary/aromatic N) is 1. The number of hydrogen-bond acceptors (Lipinski definition) is 4. The van der Waals surface area contributed by atoms with Gasteiger partial charge in [-0.2, -0.15) is 4.31 Å². The first-order valence-electron chi connectivity index (χ1n) is 8.18. The predicted molar refractivity (Wildman–Crippen MR) is 104 cm³/mol. The highest BCUT2D eigenvalue weighted by atomic mass is 32.2. The van der Waals surface area contributed by atoms with E-state index in [1.807, 2.05) is 36.6 Å². The topological polar surface area (TPSA) is 46.6 Å². The van der Waals surface area contributed by atoms with Crippen LogP contribution in [0.3, 0.4) is 0 Å². The molecule has 0 saturated heterocycles. The van der Waals surface area contributed by atoms with Crippen molar-refractivity contribution in [2.45, 2.75) is 36.1 Å². The molecule has 0 saturated carbocycles. The summed E-state index contributed by atoms with van der Waals surface area (Å²) in [5.41, 5.74) is 2.05. The minimum absolute atomic E-state index is 0.296. The maximum absolute atomic E-state index is 12.8. The standard InChI is InChI=1S/C19H25NO3S2/c1-5-6-15-7-10-17(11-8-15)25(21,22)20(2)14-16-9-12-19(24-4)18(13-16)23-3/h7-13H,5-6,14H2,1-4H3. The zero-order chi connectivity index (χ0) is 18.4. The van der Waals surface area contributed by atoms with Gasteiger partial charge in [-0.15, -0.1) is 11.8 Å². The Morgan fingerprint density at radius 1 is 1.08 bits per heavy atom. The van der Waals surface area contributed by atoms with Crippen molar-refractivity contribution in [3.05, 3.63) is 53.6 Å². The summed E-state index contributed by atoms with van der Waals surface area (Å²) in [7, 11) is -0.293. The maximum Gasteiger partial charge on any atom is 0.243 e. The summed E-state index contributed by atoms with van der Waals surface area (Å²) in [4.78, 5) is 1.35. The van der Waals surface area contributed by atoms with E-state index in [2.05, 4.69) is 6.92 Å². The SMILES string of the molecule is CCCc1ccc(S(=O)(=O)N(C)Cc2ccc(SC)c(OC)c2)cc1. The number of thioether (sulfide) groups is 1. The third kappa shape index (κ3) is 4.77. The molecule has 0 spiro atoms. The van der Waals surface area contributed by atoms with Crippen LogP contribution >= 0.6 is 11.8 Å². The van der Waals surface area contributed by atoms with Crippen LogP contribution in [0.5, 0.6) is 5.75 Å². The van der Waals surface area contributed by atoms with Gasteiger partial charge in [-0.1, -0.05) is 31.5 Å². The molecule has 0 amide bonds. The Morgan fingerprint density at radius 2 is 1.72 bits per heavy atom. The summed E-state index contributed by atoms with van der Waals surface area (Å²) in [6.45, 7) is 2.40. The van der Waals surface area contributed by atoms with Crippen LogP contribution in [0.15, 0.2) is 52.3 Å². The van der Waals surface area contributed by atoms with Crippen LogP contribution in [0.4, 0.5) is 0 Å². The summed E-state index contributed by atoms with van der Waals surface area (Å²) in [6, 6.07) is 12.9. The zero-order valence-corrected chi connectivity index (χ0v) is 16.8. The number of hydrogen-bond donors (Lipinski definition) is 0. The van der Waals surface area contributed by atoms with Gasteiger partial charge in [0.25, 0.3) is 0 Å². The molecule has 0 aromatic heterocycles. The van der Waals surface area contributed by atoms with E-state index in [1.54, 1.807) is 38.1 Å². The molecule has 0 bridgehead atoms. The monoisotopic (exact) mass is 379 g/mol. The number of rotatable bonds is 8. The van der Waals surface area contributed by atoms with Crippen molar-refractivity contribution in [1.29, 1.82) is 0 Å². The highest BCUT2D eigenvalue weighted by Crippen LogP contribution is 2.29. The quantitative estimate of drug-likeness (QED) is 0.645. The third-order valence-corrected chi connectivity index (χ3v) is 6.62. The van der Waals surface area contributed by atoms with Gasteiger partial charge in [0.05, 0.1) is 12.0 Å². The lowest BCUT2D eigenvalue weighted by Gasteiger charge is -2.18. The Morgan fingerprint density at radius 3 is 2.28 bits per heavy atom. The fourth-order valence-corrected chi connectivity index (χ4v) is 4.32. The van der Waals surface area contributed by atoms with Crippen LogP contribution in [0.2, 0.25) is 0 Å². The van der Waals surface area contributed by atoms with Crippen molar-refractivity contribution < 1.29 is 13.2 Å². The Hall–Kier alpha value is -1.50. The van der Waals surface area contributed by atoms with Crippen molar-refractivity contribution in [2.24, 2.45) is 0 Å². The van der Waals surface area contributed by atoms with Gasteiger partial charge in [0.1, 0.15) is 5.75 Å². The van der Waals surface area contributed by atoms with E-state index in [9.17, 15) is 8.42 Å². The van der Waals surface area contributed by atoms with Gasteiger partial charge < -0.3 is 4.74 Å². The second kappa shape index (κ2) is 8.74. The van der Waals surface area contributed by atoms with Crippen LogP contribution in [-0.4, -0.2) is 33.1 Å². The first-order chi connectivity index (χ1) is 11.9. The van der Waals surface area contributed by atoms with Gasteiger partial charge in [-0.3, -0.25) is 0 Å². The Bertz CT molecular complexity index is 802. The second-order valence-corrected chi connectivity index (χ2v) is 8.74. The first kappa shape index (κ1) is 19.8. The molecule has 2 aromatic carbocycles. The predicted octanol–water partition coefficient (Wildman–Crippen LogP) is 4.19. The Labute approximate surface area is 155 Å². The first-order valence-corrected chi connectivity index (χ1v) is 10.8. The minimum atomic E-state index is -3.52. The molecule has 0 aliphatic carbocycles. The molecule has 0 aliphatic rings. The normalized spacial score (nSPS) is 11.7. The van der Waals surface area contributed by atoms with E-state index in [4.69, 9.17) is 4.74 Å². The third-order valence-electron chi connectivity index (χ3n) is 4.02. The zero-order valence-electron chi connectivity index (χ0n) is 15.2. The smallest absolute Gasteiger partial charge is 0.243 e. The molecule has 0 aliphatic heterocycles. The van der Waals surface area contributed by atoms with Gasteiger partial charge in [0, 0.05) is 18.5 Å². The summed E-state index contributed by atoms with van der Waals surface area (Å²) < 4.78 is 32.3. The van der Waals surface area contributed by atoms with Crippen LogP contribution in [0, 0.1) is 0 Å². The lowest BCUT2D eigenvalue weighted by Crippen LogP contribution is -2.26. The van der Waals surface area contributed by atoms with Gasteiger partial charge in [-0.05, 0) is 48.1 Å². The van der Waals surface area contributed by atoms with Crippen LogP contribution in [0.25, 0.3) is 0 Å². The molecule has 4 nitrogen and oxygen atoms in total. The molecule has 2 aromatic rings. The fraction of sp³-hybridized carbons (Fsp3) is 0.368. The van der Waals surface area contributed by atoms with Gasteiger partial charge >= 0.3 is 0 Å². The lowest BCUT2D eigenvalue weighted by atomic mass is 10.1. The number of aryl methyl sites for hydroxylation is 1. The number of benzene rings is 2. The molecule has 6 heteroatoms. The van der Waals surface area contributed by atoms with Gasteiger partial charge in [-0.25, -0.2) is 8.42 Å². The fourth-order valence-electron chi connectivity index (χ4n) is 2.62. The van der Waals surface area contributed by atoms with Crippen LogP contribution < -0.4 is 4.74 Å². The van der Waals surface area contributed by atoms with Gasteiger partial charge in [0.15, 0.2) is 0 Å². The molecular formula is C19H25NO3S2. The van der Waals surface area contributed by atoms with Crippen molar-refractivity contribution in [3.8, 4) is 5.75 Å². The molecular weight excluding hydrogens is 354 g/mol. The van der Waals surface area contributed by atoms with Crippen molar-refractivity contribution in [1.82, 2.24) is 4.31 Å². The molecule has 0 radical (unpaired) electrons. The van der Waals surface area contributed by atoms with Crippen molar-refractivity contribution in [2.75, 3.05) is 20.4 Å². The van der Waals surface area contributed by atoms with E-state index in [0.717, 1.165) is 34.6 Å². The van der Waals surface area contributed by atoms with E-state index in [1.165, 1.54) is 4.31 Å². The highest BCUT2D eigenvalue weighted by Gasteiger charge is 2.21. The van der Waals surface area contributed by atoms with Crippen molar-refractivity contribution in [3.63, 3.8) is 0 Å². The minimum Gasteiger partial charge on any atom is -0.496 e. The molecule has 25 heavy (non-hydrogen) atoms. The Kier molecular flexibility index (Phi) is 6.93. The summed E-state index contributed by atoms with van der Waals surface area (Å²) in [6.07, 6.45) is 3.98. The summed E-state index contributed by atoms with van der Waals surface area (Å²) in [5.74, 6) is 0.764.